The number of benzene rings is 3. The molecule has 1 amide bonds. The number of nitrogens with zero attached hydrogens (tertiary/aromatic N) is 2. The van der Waals surface area contributed by atoms with Crippen LogP contribution in [0, 0.1) is 0 Å². The second-order valence-corrected chi connectivity index (χ2v) is 12.9. The van der Waals surface area contributed by atoms with E-state index in [1.54, 1.807) is 48.5 Å². The van der Waals surface area contributed by atoms with E-state index in [-0.39, 0.29) is 16.7 Å². The van der Waals surface area contributed by atoms with Crippen molar-refractivity contribution < 1.29 is 22.7 Å². The van der Waals surface area contributed by atoms with Crippen molar-refractivity contribution in [3.63, 3.8) is 0 Å². The van der Waals surface area contributed by atoms with Crippen LogP contribution in [0.1, 0.15) is 72.6 Å². The number of rotatable bonds is 9. The van der Waals surface area contributed by atoms with E-state index >= 15 is 0 Å². The van der Waals surface area contributed by atoms with Crippen LogP contribution < -0.4 is 4.72 Å². The molecule has 0 aliphatic heterocycles. The van der Waals surface area contributed by atoms with Gasteiger partial charge in [0.25, 0.3) is 10.0 Å². The minimum atomic E-state index is -4.13. The summed E-state index contributed by atoms with van der Waals surface area (Å²) in [5.41, 5.74) is 4.98. The molecule has 0 radical (unpaired) electrons. The summed E-state index contributed by atoms with van der Waals surface area (Å²) in [4.78, 5) is 25.9. The summed E-state index contributed by atoms with van der Waals surface area (Å²) in [6.45, 7) is 8.16. The van der Waals surface area contributed by atoms with Crippen LogP contribution in [0.5, 0.6) is 0 Å². The fourth-order valence-electron chi connectivity index (χ4n) is 4.57. The number of carbonyl (C=O) groups excluding carboxylic acids is 2. The number of carbonyl (C=O) groups is 2. The lowest BCUT2D eigenvalue weighted by molar-refractivity contribution is -0.120. The summed E-state index contributed by atoms with van der Waals surface area (Å²) in [7, 11) is -2.80. The van der Waals surface area contributed by atoms with Crippen LogP contribution in [0.3, 0.4) is 0 Å². The number of fused-ring (bicyclic) bond motifs is 1. The van der Waals surface area contributed by atoms with Crippen LogP contribution in [0.2, 0.25) is 0 Å². The second-order valence-electron chi connectivity index (χ2n) is 10.7. The molecule has 1 heterocycles. The molecule has 3 aromatic carbocycles. The van der Waals surface area contributed by atoms with Crippen LogP contribution in [0.15, 0.2) is 65.6 Å². The molecule has 0 fully saturated rings. The minimum absolute atomic E-state index is 0.0147. The molecule has 1 unspecified atom stereocenters. The first kappa shape index (κ1) is 29.4. The third-order valence-corrected chi connectivity index (χ3v) is 8.75. The Labute approximate surface area is 239 Å². The smallest absolute Gasteiger partial charge is 0.337 e. The number of sulfonamides is 1. The van der Waals surface area contributed by atoms with Gasteiger partial charge in [0.2, 0.25) is 5.91 Å². The Hall–Kier alpha value is -3.63. The molecule has 0 aliphatic carbocycles. The predicted octanol–water partition coefficient (Wildman–Crippen LogP) is 5.56. The molecule has 0 bridgehead atoms. The Morgan fingerprint density at radius 1 is 0.950 bits per heavy atom. The number of amides is 1. The van der Waals surface area contributed by atoms with Crippen molar-refractivity contribution in [3.8, 4) is 0 Å². The van der Waals surface area contributed by atoms with E-state index in [1.807, 2.05) is 27.7 Å². The fraction of sp³-hybridized carbons (Fsp3) is 0.333. The molecule has 1 atom stereocenters. The van der Waals surface area contributed by atoms with E-state index in [4.69, 9.17) is 4.74 Å². The molecule has 0 aliphatic rings. The van der Waals surface area contributed by atoms with Gasteiger partial charge in [-0.3, -0.25) is 4.79 Å². The number of methoxy groups -OCH3 is 1. The Balaban J connectivity index is 1.70. The molecule has 40 heavy (non-hydrogen) atoms. The van der Waals surface area contributed by atoms with Crippen molar-refractivity contribution in [2.75, 3.05) is 7.11 Å². The minimum Gasteiger partial charge on any atom is -0.465 e. The maximum Gasteiger partial charge on any atom is 0.337 e. The van der Waals surface area contributed by atoms with Crippen molar-refractivity contribution in [3.05, 3.63) is 88.5 Å². The lowest BCUT2D eigenvalue weighted by Gasteiger charge is -2.21. The summed E-state index contributed by atoms with van der Waals surface area (Å²) in [5, 5.41) is 0. The summed E-state index contributed by atoms with van der Waals surface area (Å²) >= 11 is 1.07. The first-order valence-electron chi connectivity index (χ1n) is 13.0. The third-order valence-electron chi connectivity index (χ3n) is 6.83. The van der Waals surface area contributed by atoms with Crippen LogP contribution >= 0.6 is 11.7 Å². The molecule has 210 valence electrons. The van der Waals surface area contributed by atoms with Crippen LogP contribution in [-0.2, 0) is 37.8 Å². The monoisotopic (exact) mass is 579 g/mol. The van der Waals surface area contributed by atoms with Gasteiger partial charge < -0.3 is 4.74 Å². The Morgan fingerprint density at radius 2 is 1.65 bits per heavy atom. The molecule has 0 saturated carbocycles. The topological polar surface area (TPSA) is 115 Å². The molecule has 10 heteroatoms. The lowest BCUT2D eigenvalue weighted by atomic mass is 9.87. The highest BCUT2D eigenvalue weighted by atomic mass is 32.2. The number of aryl methyl sites for hydroxylation is 1. The standard InChI is InChI=1S/C30H33N3O5S2/c1-6-7-19-16-22(29(35)38-5)9-8-20(19)17-25(21-10-15-26-27(18-21)32-39-31-26)28(34)33-40(36,37)24-13-11-23(12-14-24)30(2,3)4/h8-16,18,25H,6-7,17H2,1-5H3,(H,33,34). The van der Waals surface area contributed by atoms with E-state index in [0.29, 0.717) is 28.6 Å². The quantitative estimate of drug-likeness (QED) is 0.258. The summed E-state index contributed by atoms with van der Waals surface area (Å²) < 4.78 is 42.3. The molecule has 4 rings (SSSR count). The van der Waals surface area contributed by atoms with E-state index in [9.17, 15) is 18.0 Å². The molecule has 8 nitrogen and oxygen atoms in total. The third kappa shape index (κ3) is 6.56. The lowest BCUT2D eigenvalue weighted by Crippen LogP contribution is -2.35. The van der Waals surface area contributed by atoms with Crippen LogP contribution in [-0.4, -0.2) is 36.2 Å². The summed E-state index contributed by atoms with van der Waals surface area (Å²) in [6, 6.07) is 17.1. The van der Waals surface area contributed by atoms with E-state index in [2.05, 4.69) is 13.5 Å². The largest absolute Gasteiger partial charge is 0.465 e. The van der Waals surface area contributed by atoms with Gasteiger partial charge in [-0.05, 0) is 76.9 Å². The highest BCUT2D eigenvalue weighted by Gasteiger charge is 2.28. The first-order chi connectivity index (χ1) is 18.9. The van der Waals surface area contributed by atoms with Crippen molar-refractivity contribution in [2.45, 2.75) is 63.2 Å². The van der Waals surface area contributed by atoms with Gasteiger partial charge in [-0.15, -0.1) is 0 Å². The second kappa shape index (κ2) is 11.9. The molecular weight excluding hydrogens is 546 g/mol. The van der Waals surface area contributed by atoms with Gasteiger partial charge in [0.1, 0.15) is 11.0 Å². The number of nitrogens with one attached hydrogen (secondary N) is 1. The van der Waals surface area contributed by atoms with Gasteiger partial charge in [0, 0.05) is 0 Å². The van der Waals surface area contributed by atoms with E-state index < -0.39 is 27.8 Å². The van der Waals surface area contributed by atoms with Gasteiger partial charge in [0.05, 0.1) is 35.2 Å². The maximum atomic E-state index is 13.7. The first-order valence-corrected chi connectivity index (χ1v) is 15.2. The fourth-order valence-corrected chi connectivity index (χ4v) is 6.10. The van der Waals surface area contributed by atoms with Crippen LogP contribution in [0.25, 0.3) is 11.0 Å². The maximum absolute atomic E-state index is 13.7. The Kier molecular flexibility index (Phi) is 8.70. The number of ether oxygens (including phenoxy) is 1. The van der Waals surface area contributed by atoms with E-state index in [0.717, 1.165) is 34.8 Å². The van der Waals surface area contributed by atoms with Gasteiger partial charge >= 0.3 is 5.97 Å². The normalized spacial score (nSPS) is 12.7. The van der Waals surface area contributed by atoms with Crippen LogP contribution in [0.4, 0.5) is 0 Å². The molecule has 1 aromatic heterocycles. The highest BCUT2D eigenvalue weighted by molar-refractivity contribution is 7.90. The Bertz CT molecular complexity index is 1640. The Morgan fingerprint density at radius 3 is 2.30 bits per heavy atom. The summed E-state index contributed by atoms with van der Waals surface area (Å²) in [6.07, 6.45) is 1.73. The zero-order valence-corrected chi connectivity index (χ0v) is 24.9. The average molecular weight is 580 g/mol. The number of hydrogen-bond donors (Lipinski definition) is 1. The highest BCUT2D eigenvalue weighted by Crippen LogP contribution is 2.29. The molecule has 0 spiro atoms. The molecule has 1 N–H and O–H groups in total. The SMILES string of the molecule is CCCc1cc(C(=O)OC)ccc1CC(C(=O)NS(=O)(=O)c1ccc(C(C)(C)C)cc1)c1ccc2nsnc2c1. The van der Waals surface area contributed by atoms with Crippen molar-refractivity contribution in [1.82, 2.24) is 13.5 Å². The number of hydrogen-bond acceptors (Lipinski definition) is 8. The molecule has 0 saturated heterocycles. The number of esters is 1. The zero-order chi connectivity index (χ0) is 29.1. The zero-order valence-electron chi connectivity index (χ0n) is 23.2. The molecule has 4 aromatic rings. The molecular formula is C30H33N3O5S2. The summed E-state index contributed by atoms with van der Waals surface area (Å²) in [5.74, 6) is -1.93. The van der Waals surface area contributed by atoms with E-state index in [1.165, 1.54) is 19.2 Å². The number of aromatic nitrogens is 2. The predicted molar refractivity (Wildman–Crippen MR) is 156 cm³/mol. The van der Waals surface area contributed by atoms with Gasteiger partial charge in [-0.1, -0.05) is 58.4 Å². The average Bonchev–Trinajstić information content (AvgIpc) is 3.39. The van der Waals surface area contributed by atoms with Gasteiger partial charge in [-0.2, -0.15) is 8.75 Å². The van der Waals surface area contributed by atoms with Gasteiger partial charge in [-0.25, -0.2) is 17.9 Å². The van der Waals surface area contributed by atoms with Crippen molar-refractivity contribution >= 4 is 44.7 Å². The van der Waals surface area contributed by atoms with Gasteiger partial charge in [0.15, 0.2) is 0 Å². The van der Waals surface area contributed by atoms with Crippen molar-refractivity contribution in [1.29, 1.82) is 0 Å². The van der Waals surface area contributed by atoms with Crippen molar-refractivity contribution in [2.24, 2.45) is 0 Å².